The van der Waals surface area contributed by atoms with Gasteiger partial charge in [-0.15, -0.1) is 0 Å². The fourth-order valence-corrected chi connectivity index (χ4v) is 7.98. The van der Waals surface area contributed by atoms with Gasteiger partial charge in [-0.2, -0.15) is 0 Å². The van der Waals surface area contributed by atoms with E-state index >= 15 is 0 Å². The lowest BCUT2D eigenvalue weighted by atomic mass is 9.84. The monoisotopic (exact) mass is 654 g/mol. The maximum atomic E-state index is 5.35. The van der Waals surface area contributed by atoms with E-state index in [4.69, 9.17) is 9.97 Å². The summed E-state index contributed by atoms with van der Waals surface area (Å²) in [5.74, 6) is 1.94. The summed E-state index contributed by atoms with van der Waals surface area (Å²) in [5.41, 5.74) is 14.9. The van der Waals surface area contributed by atoms with Crippen LogP contribution in [-0.4, -0.2) is 19.1 Å². The van der Waals surface area contributed by atoms with Gasteiger partial charge in [0.15, 0.2) is 0 Å². The summed E-state index contributed by atoms with van der Waals surface area (Å²) in [6.07, 6.45) is 11.0. The van der Waals surface area contributed by atoms with Crippen LogP contribution in [0.25, 0.3) is 67.9 Å². The highest BCUT2D eigenvalue weighted by atomic mass is 15.1. The van der Waals surface area contributed by atoms with Gasteiger partial charge in [-0.1, -0.05) is 109 Å². The van der Waals surface area contributed by atoms with E-state index in [0.717, 1.165) is 68.9 Å². The minimum atomic E-state index is 0.100. The number of imidazole rings is 2. The first kappa shape index (κ1) is 29.4. The number of nitrogens with zero attached hydrogens (tertiary/aromatic N) is 4. The molecule has 0 amide bonds. The fraction of sp³-hybridized carbons (Fsp3) is 0.0638. The van der Waals surface area contributed by atoms with Crippen molar-refractivity contribution in [3.05, 3.63) is 192 Å². The number of rotatable bonds is 6. The zero-order valence-corrected chi connectivity index (χ0v) is 28.0. The van der Waals surface area contributed by atoms with E-state index in [1.54, 1.807) is 0 Å². The Morgan fingerprint density at radius 3 is 1.84 bits per heavy atom. The van der Waals surface area contributed by atoms with Crippen LogP contribution < -0.4 is 0 Å². The third kappa shape index (κ3) is 4.99. The first-order valence-electron chi connectivity index (χ1n) is 17.7. The van der Waals surface area contributed by atoms with Crippen molar-refractivity contribution in [3.8, 4) is 28.5 Å². The van der Waals surface area contributed by atoms with Crippen LogP contribution in [0.3, 0.4) is 0 Å². The largest absolute Gasteiger partial charge is 0.296 e. The molecule has 0 saturated carbocycles. The zero-order valence-electron chi connectivity index (χ0n) is 28.0. The maximum Gasteiger partial charge on any atom is 0.145 e. The average molecular weight is 655 g/mol. The molecule has 10 rings (SSSR count). The highest BCUT2D eigenvalue weighted by Crippen LogP contribution is 2.47. The molecule has 8 aromatic rings. The summed E-state index contributed by atoms with van der Waals surface area (Å²) in [4.78, 5) is 10.7. The molecule has 1 unspecified atom stereocenters. The number of hydrogen-bond donors (Lipinski definition) is 0. The van der Waals surface area contributed by atoms with Gasteiger partial charge in [0.2, 0.25) is 0 Å². The maximum absolute atomic E-state index is 5.35. The van der Waals surface area contributed by atoms with E-state index in [-0.39, 0.29) is 5.92 Å². The molecule has 4 nitrogen and oxygen atoms in total. The van der Waals surface area contributed by atoms with Crippen molar-refractivity contribution in [1.29, 1.82) is 0 Å². The molecule has 0 aliphatic heterocycles. The molecular formula is C47H34N4. The van der Waals surface area contributed by atoms with Crippen LogP contribution in [0.15, 0.2) is 170 Å². The summed E-state index contributed by atoms with van der Waals surface area (Å²) in [5, 5.41) is 0. The molecule has 0 N–H and O–H groups in total. The molecule has 51 heavy (non-hydrogen) atoms. The van der Waals surface area contributed by atoms with Gasteiger partial charge in [0, 0.05) is 28.4 Å². The van der Waals surface area contributed by atoms with Gasteiger partial charge in [-0.3, -0.25) is 9.13 Å². The van der Waals surface area contributed by atoms with Crippen LogP contribution in [0.4, 0.5) is 0 Å². The van der Waals surface area contributed by atoms with Crippen LogP contribution in [0.2, 0.25) is 0 Å². The Bertz CT molecular complexity index is 2690. The standard InChI is InChI=1S/C47H34N4/c1-4-16-32(17-5-1)45-39-23-11-10-18-33(39)31-40(45)34-28-35(46-48-41-24-12-14-26-43(41)50(46)37-19-6-2-7-20-37)30-36(29-34)47-49-42-25-13-15-27-44(42)51(47)38-21-8-3-9-22-38/h1-8,10-21,23-31,45H,9,22H2. The van der Waals surface area contributed by atoms with Crippen LogP contribution >= 0.6 is 0 Å². The highest BCUT2D eigenvalue weighted by molar-refractivity contribution is 5.96. The highest BCUT2D eigenvalue weighted by Gasteiger charge is 2.29. The van der Waals surface area contributed by atoms with E-state index in [2.05, 4.69) is 185 Å². The SMILES string of the molecule is C1=CCCC(n2c(-c3cc(C4=Cc5ccccc5C4c4ccccc4)cc(-c4nc5ccccc5n4-c4ccccc4)c3)nc3ccccc32)=C1. The Balaban J connectivity index is 1.27. The first-order chi connectivity index (χ1) is 25.3. The number of benzene rings is 6. The third-order valence-electron chi connectivity index (χ3n) is 10.3. The number of aromatic nitrogens is 4. The smallest absolute Gasteiger partial charge is 0.145 e. The van der Waals surface area contributed by atoms with Crippen molar-refractivity contribution in [3.63, 3.8) is 0 Å². The topological polar surface area (TPSA) is 35.6 Å². The van der Waals surface area contributed by atoms with E-state index in [1.807, 2.05) is 0 Å². The van der Waals surface area contributed by atoms with Crippen molar-refractivity contribution in [1.82, 2.24) is 19.1 Å². The number of hydrogen-bond acceptors (Lipinski definition) is 2. The summed E-state index contributed by atoms with van der Waals surface area (Å²) in [6.45, 7) is 0. The van der Waals surface area contributed by atoms with Gasteiger partial charge in [0.25, 0.3) is 0 Å². The summed E-state index contributed by atoms with van der Waals surface area (Å²) >= 11 is 0. The zero-order chi connectivity index (χ0) is 33.7. The average Bonchev–Trinajstić information content (AvgIpc) is 3.91. The Kier molecular flexibility index (Phi) is 6.98. The third-order valence-corrected chi connectivity index (χ3v) is 10.3. The molecule has 242 valence electrons. The molecule has 2 aromatic heterocycles. The number of fused-ring (bicyclic) bond motifs is 3. The van der Waals surface area contributed by atoms with Crippen LogP contribution in [-0.2, 0) is 0 Å². The van der Waals surface area contributed by atoms with Crippen molar-refractivity contribution < 1.29 is 0 Å². The minimum Gasteiger partial charge on any atom is -0.296 e. The number of para-hydroxylation sites is 5. The molecule has 2 heterocycles. The minimum absolute atomic E-state index is 0.100. The van der Waals surface area contributed by atoms with Crippen molar-refractivity contribution in [2.75, 3.05) is 0 Å². The van der Waals surface area contributed by atoms with E-state index < -0.39 is 0 Å². The second-order valence-corrected chi connectivity index (χ2v) is 13.4. The van der Waals surface area contributed by atoms with E-state index in [0.29, 0.717) is 0 Å². The molecule has 0 fully saturated rings. The second-order valence-electron chi connectivity index (χ2n) is 13.4. The van der Waals surface area contributed by atoms with Crippen molar-refractivity contribution >= 4 is 39.4 Å². The lowest BCUT2D eigenvalue weighted by molar-refractivity contribution is 0.959. The van der Waals surface area contributed by atoms with Crippen molar-refractivity contribution in [2.24, 2.45) is 0 Å². The molecule has 1 atom stereocenters. The Morgan fingerprint density at radius 1 is 0.549 bits per heavy atom. The molecule has 0 radical (unpaired) electrons. The van der Waals surface area contributed by atoms with Gasteiger partial charge >= 0.3 is 0 Å². The fourth-order valence-electron chi connectivity index (χ4n) is 7.98. The summed E-state index contributed by atoms with van der Waals surface area (Å²) in [7, 11) is 0. The molecule has 0 bridgehead atoms. The van der Waals surface area contributed by atoms with Crippen molar-refractivity contribution in [2.45, 2.75) is 18.8 Å². The van der Waals surface area contributed by atoms with Crippen LogP contribution in [0, 0.1) is 0 Å². The predicted octanol–water partition coefficient (Wildman–Crippen LogP) is 11.6. The van der Waals surface area contributed by atoms with Crippen LogP contribution in [0.5, 0.6) is 0 Å². The van der Waals surface area contributed by atoms with Crippen LogP contribution in [0.1, 0.15) is 41.0 Å². The van der Waals surface area contributed by atoms with E-state index in [9.17, 15) is 0 Å². The van der Waals surface area contributed by atoms with Gasteiger partial charge in [-0.05, 0) is 107 Å². The molecule has 0 spiro atoms. The molecule has 2 aliphatic carbocycles. The Labute approximate surface area is 297 Å². The Hall–Kier alpha value is -6.52. The molecule has 2 aliphatic rings. The predicted molar refractivity (Wildman–Crippen MR) is 210 cm³/mol. The lowest BCUT2D eigenvalue weighted by Gasteiger charge is -2.20. The molecule has 6 aromatic carbocycles. The quantitative estimate of drug-likeness (QED) is 0.179. The normalized spacial score (nSPS) is 15.3. The molecular weight excluding hydrogens is 621 g/mol. The second kappa shape index (κ2) is 12.1. The number of allylic oxidation sites excluding steroid dienone is 5. The van der Waals surface area contributed by atoms with Gasteiger partial charge in [0.1, 0.15) is 11.6 Å². The van der Waals surface area contributed by atoms with Gasteiger partial charge in [0.05, 0.1) is 22.1 Å². The van der Waals surface area contributed by atoms with E-state index in [1.165, 1.54) is 28.0 Å². The van der Waals surface area contributed by atoms with Gasteiger partial charge < -0.3 is 0 Å². The first-order valence-corrected chi connectivity index (χ1v) is 17.7. The van der Waals surface area contributed by atoms with Gasteiger partial charge in [-0.25, -0.2) is 9.97 Å². The Morgan fingerprint density at radius 2 is 1.14 bits per heavy atom. The molecule has 4 heteroatoms. The molecule has 0 saturated heterocycles. The summed E-state index contributed by atoms with van der Waals surface area (Å²) < 4.78 is 4.66. The summed E-state index contributed by atoms with van der Waals surface area (Å²) in [6, 6.07) is 54.2. The lowest BCUT2D eigenvalue weighted by Crippen LogP contribution is -2.04.